The molecule has 0 bridgehead atoms. The van der Waals surface area contributed by atoms with Crippen LogP contribution in [0.4, 0.5) is 10.1 Å². The lowest BCUT2D eigenvalue weighted by molar-refractivity contribution is -0.133. The molecule has 2 aromatic rings. The zero-order valence-electron chi connectivity index (χ0n) is 9.00. The number of anilines is 1. The van der Waals surface area contributed by atoms with Gasteiger partial charge in [0.15, 0.2) is 0 Å². The molecule has 0 atom stereocenters. The van der Waals surface area contributed by atoms with Crippen LogP contribution in [-0.4, -0.2) is 26.7 Å². The maximum absolute atomic E-state index is 12.6. The molecule has 18 heavy (non-hydrogen) atoms. The van der Waals surface area contributed by atoms with E-state index in [4.69, 9.17) is 0 Å². The van der Waals surface area contributed by atoms with Crippen LogP contribution in [-0.2, 0) is 9.59 Å². The number of amides is 2. The standard InChI is InChI=1S/C10H8FN5O2/c11-7-1-3-8(4-2-7)14-9(17)10(18)15-16-5-12-13-6-16/h1-6H,(H,14,17)(H,15,18). The summed E-state index contributed by atoms with van der Waals surface area (Å²) in [4.78, 5) is 22.9. The van der Waals surface area contributed by atoms with Gasteiger partial charge >= 0.3 is 11.8 Å². The molecule has 0 radical (unpaired) electrons. The second kappa shape index (κ2) is 5.04. The van der Waals surface area contributed by atoms with E-state index < -0.39 is 17.6 Å². The Kier molecular flexibility index (Phi) is 3.28. The van der Waals surface area contributed by atoms with Crippen LogP contribution in [0.25, 0.3) is 0 Å². The van der Waals surface area contributed by atoms with Gasteiger partial charge in [0.1, 0.15) is 18.5 Å². The molecule has 92 valence electrons. The summed E-state index contributed by atoms with van der Waals surface area (Å²) in [7, 11) is 0. The minimum absolute atomic E-state index is 0.320. The van der Waals surface area contributed by atoms with E-state index in [9.17, 15) is 14.0 Å². The topological polar surface area (TPSA) is 88.9 Å². The molecule has 1 heterocycles. The summed E-state index contributed by atoms with van der Waals surface area (Å²) in [6.45, 7) is 0. The average Bonchev–Trinajstić information content (AvgIpc) is 2.85. The number of nitrogens with one attached hydrogen (secondary N) is 2. The Morgan fingerprint density at radius 3 is 2.28 bits per heavy atom. The lowest BCUT2D eigenvalue weighted by Gasteiger charge is -2.05. The van der Waals surface area contributed by atoms with E-state index in [1.54, 1.807) is 0 Å². The number of rotatable bonds is 2. The Morgan fingerprint density at radius 1 is 1.06 bits per heavy atom. The SMILES string of the molecule is O=C(Nc1ccc(F)cc1)C(=O)Nn1cnnc1. The number of hydrogen-bond acceptors (Lipinski definition) is 4. The van der Waals surface area contributed by atoms with Crippen molar-refractivity contribution in [2.24, 2.45) is 0 Å². The van der Waals surface area contributed by atoms with Crippen molar-refractivity contribution in [3.63, 3.8) is 0 Å². The van der Waals surface area contributed by atoms with E-state index in [2.05, 4.69) is 20.9 Å². The maximum atomic E-state index is 12.6. The van der Waals surface area contributed by atoms with Gasteiger partial charge in [-0.15, -0.1) is 10.2 Å². The Morgan fingerprint density at radius 2 is 1.67 bits per heavy atom. The molecule has 0 saturated carbocycles. The number of benzene rings is 1. The first-order valence-electron chi connectivity index (χ1n) is 4.88. The number of halogens is 1. The van der Waals surface area contributed by atoms with Crippen LogP contribution in [0, 0.1) is 5.82 Å². The van der Waals surface area contributed by atoms with Gasteiger partial charge in [0, 0.05) is 5.69 Å². The number of hydrogen-bond donors (Lipinski definition) is 2. The first-order valence-corrected chi connectivity index (χ1v) is 4.88. The normalized spacial score (nSPS) is 9.83. The van der Waals surface area contributed by atoms with Crippen molar-refractivity contribution < 1.29 is 14.0 Å². The second-order valence-electron chi connectivity index (χ2n) is 3.27. The van der Waals surface area contributed by atoms with Gasteiger partial charge in [0.2, 0.25) is 0 Å². The van der Waals surface area contributed by atoms with Crippen molar-refractivity contribution in [2.45, 2.75) is 0 Å². The van der Waals surface area contributed by atoms with Gasteiger partial charge in [-0.25, -0.2) is 9.07 Å². The molecule has 0 aliphatic carbocycles. The lowest BCUT2D eigenvalue weighted by Crippen LogP contribution is -2.33. The summed E-state index contributed by atoms with van der Waals surface area (Å²) in [5.41, 5.74) is 2.54. The van der Waals surface area contributed by atoms with Gasteiger partial charge in [0.05, 0.1) is 0 Å². The zero-order valence-corrected chi connectivity index (χ0v) is 9.00. The molecular formula is C10H8FN5O2. The molecule has 0 aliphatic heterocycles. The molecule has 0 fully saturated rings. The summed E-state index contributed by atoms with van der Waals surface area (Å²) in [6.07, 6.45) is 2.45. The molecule has 0 aliphatic rings. The van der Waals surface area contributed by atoms with Crippen LogP contribution in [0.1, 0.15) is 0 Å². The highest BCUT2D eigenvalue weighted by Gasteiger charge is 2.13. The minimum atomic E-state index is -0.890. The molecule has 0 saturated heterocycles. The fourth-order valence-electron chi connectivity index (χ4n) is 1.15. The summed E-state index contributed by atoms with van der Waals surface area (Å²) < 4.78 is 13.8. The summed E-state index contributed by atoms with van der Waals surface area (Å²) >= 11 is 0. The Bertz CT molecular complexity index is 552. The van der Waals surface area contributed by atoms with E-state index in [-0.39, 0.29) is 0 Å². The van der Waals surface area contributed by atoms with Gasteiger partial charge in [0.25, 0.3) is 0 Å². The van der Waals surface area contributed by atoms with Crippen molar-refractivity contribution >= 4 is 17.5 Å². The lowest BCUT2D eigenvalue weighted by atomic mass is 10.3. The Balaban J connectivity index is 1.95. The van der Waals surface area contributed by atoms with E-state index in [0.717, 1.165) is 4.68 Å². The van der Waals surface area contributed by atoms with Crippen LogP contribution < -0.4 is 10.7 Å². The highest BCUT2D eigenvalue weighted by Crippen LogP contribution is 2.07. The van der Waals surface area contributed by atoms with Gasteiger partial charge in [-0.05, 0) is 24.3 Å². The number of nitrogens with zero attached hydrogens (tertiary/aromatic N) is 3. The van der Waals surface area contributed by atoms with E-state index >= 15 is 0 Å². The Hall–Kier alpha value is -2.77. The van der Waals surface area contributed by atoms with Crippen molar-refractivity contribution in [2.75, 3.05) is 10.7 Å². The van der Waals surface area contributed by atoms with Gasteiger partial charge in [-0.1, -0.05) is 0 Å². The van der Waals surface area contributed by atoms with Crippen molar-refractivity contribution in [1.29, 1.82) is 0 Å². The van der Waals surface area contributed by atoms with Crippen LogP contribution in [0.5, 0.6) is 0 Å². The van der Waals surface area contributed by atoms with Crippen LogP contribution in [0.15, 0.2) is 36.9 Å². The molecule has 1 aromatic heterocycles. The molecule has 1 aromatic carbocycles. The number of carbonyl (C=O) groups excluding carboxylic acids is 2. The van der Waals surface area contributed by atoms with Gasteiger partial charge in [-0.2, -0.15) is 0 Å². The zero-order chi connectivity index (χ0) is 13.0. The molecular weight excluding hydrogens is 241 g/mol. The summed E-state index contributed by atoms with van der Waals surface area (Å²) in [5.74, 6) is -2.20. The fourth-order valence-corrected chi connectivity index (χ4v) is 1.15. The third kappa shape index (κ3) is 2.88. The maximum Gasteiger partial charge on any atom is 0.328 e. The quantitative estimate of drug-likeness (QED) is 0.740. The predicted molar refractivity (Wildman–Crippen MR) is 59.4 cm³/mol. The molecule has 0 unspecified atom stereocenters. The smallest absolute Gasteiger partial charge is 0.318 e. The van der Waals surface area contributed by atoms with Crippen molar-refractivity contribution in [3.05, 3.63) is 42.7 Å². The minimum Gasteiger partial charge on any atom is -0.318 e. The molecule has 8 heteroatoms. The predicted octanol–water partition coefficient (Wildman–Crippen LogP) is 0.126. The third-order valence-electron chi connectivity index (χ3n) is 1.96. The highest BCUT2D eigenvalue weighted by atomic mass is 19.1. The second-order valence-corrected chi connectivity index (χ2v) is 3.27. The molecule has 0 spiro atoms. The number of aromatic nitrogens is 3. The van der Waals surface area contributed by atoms with Crippen molar-refractivity contribution in [3.8, 4) is 0 Å². The van der Waals surface area contributed by atoms with Crippen LogP contribution in [0.3, 0.4) is 0 Å². The highest BCUT2D eigenvalue weighted by molar-refractivity contribution is 6.42. The van der Waals surface area contributed by atoms with Crippen LogP contribution in [0.2, 0.25) is 0 Å². The summed E-state index contributed by atoms with van der Waals surface area (Å²) in [5, 5.41) is 9.22. The Labute approximate surface area is 101 Å². The fraction of sp³-hybridized carbons (Fsp3) is 0. The monoisotopic (exact) mass is 249 g/mol. The number of carbonyl (C=O) groups is 2. The largest absolute Gasteiger partial charge is 0.328 e. The molecule has 7 nitrogen and oxygen atoms in total. The van der Waals surface area contributed by atoms with E-state index in [1.807, 2.05) is 0 Å². The van der Waals surface area contributed by atoms with E-state index in [1.165, 1.54) is 36.9 Å². The van der Waals surface area contributed by atoms with Crippen LogP contribution >= 0.6 is 0 Å². The van der Waals surface area contributed by atoms with E-state index in [0.29, 0.717) is 5.69 Å². The summed E-state index contributed by atoms with van der Waals surface area (Å²) in [6, 6.07) is 5.04. The van der Waals surface area contributed by atoms with Gasteiger partial charge < -0.3 is 5.32 Å². The molecule has 2 N–H and O–H groups in total. The first kappa shape index (κ1) is 11.7. The first-order chi connectivity index (χ1) is 8.65. The average molecular weight is 249 g/mol. The van der Waals surface area contributed by atoms with Crippen molar-refractivity contribution in [1.82, 2.24) is 14.9 Å². The molecule has 2 amide bonds. The third-order valence-corrected chi connectivity index (χ3v) is 1.96. The molecule has 2 rings (SSSR count). The van der Waals surface area contributed by atoms with Gasteiger partial charge in [-0.3, -0.25) is 15.0 Å².